The normalized spacial score (nSPS) is 10.7. The summed E-state index contributed by atoms with van der Waals surface area (Å²) < 4.78 is 0. The number of aromatic nitrogens is 1. The van der Waals surface area contributed by atoms with Gasteiger partial charge in [0, 0.05) is 21.0 Å². The van der Waals surface area contributed by atoms with Crippen molar-refractivity contribution in [2.24, 2.45) is 4.99 Å². The molecule has 1 aromatic rings. The molecule has 1 heterocycles. The van der Waals surface area contributed by atoms with Gasteiger partial charge >= 0.3 is 0 Å². The average molecular weight is 197 g/mol. The van der Waals surface area contributed by atoms with Crippen molar-refractivity contribution in [3.63, 3.8) is 0 Å². The molecule has 0 bridgehead atoms. The molecule has 1 rings (SSSR count). The van der Waals surface area contributed by atoms with Crippen LogP contribution >= 0.6 is 11.3 Å². The predicted molar refractivity (Wildman–Crippen MR) is 54.0 cm³/mol. The summed E-state index contributed by atoms with van der Waals surface area (Å²) in [5.41, 5.74) is 0. The van der Waals surface area contributed by atoms with Crippen LogP contribution in [0.3, 0.4) is 0 Å². The molecule has 0 atom stereocenters. The molecule has 70 valence electrons. The second-order valence-electron chi connectivity index (χ2n) is 2.77. The fraction of sp³-hybridized carbons (Fsp3) is 0.375. The summed E-state index contributed by atoms with van der Waals surface area (Å²) in [6.07, 6.45) is 3.21. The number of ketones is 1. The van der Waals surface area contributed by atoms with Crippen LogP contribution in [0, 0.1) is 0 Å². The second-order valence-corrected chi connectivity index (χ2v) is 3.78. The van der Waals surface area contributed by atoms with Crippen LogP contribution in [0.4, 0.5) is 5.13 Å². The smallest absolute Gasteiger partial charge is 0.211 e. The predicted octanol–water partition coefficient (Wildman–Crippen LogP) is 1.57. The first-order chi connectivity index (χ1) is 6.09. The van der Waals surface area contributed by atoms with Crippen molar-refractivity contribution in [2.45, 2.75) is 6.92 Å². The van der Waals surface area contributed by atoms with Crippen LogP contribution in [-0.4, -0.2) is 36.1 Å². The molecule has 0 amide bonds. The van der Waals surface area contributed by atoms with Gasteiger partial charge in [-0.25, -0.2) is 9.98 Å². The van der Waals surface area contributed by atoms with E-state index in [9.17, 15) is 4.79 Å². The van der Waals surface area contributed by atoms with Crippen molar-refractivity contribution in [3.8, 4) is 0 Å². The van der Waals surface area contributed by atoms with E-state index in [1.807, 2.05) is 19.0 Å². The summed E-state index contributed by atoms with van der Waals surface area (Å²) in [7, 11) is 3.76. The number of rotatable bonds is 3. The Labute approximate surface area is 80.9 Å². The number of Topliss-reactive ketones (excluding diaryl/α,β-unsaturated/α-hetero) is 1. The quantitative estimate of drug-likeness (QED) is 0.420. The fourth-order valence-corrected chi connectivity index (χ4v) is 1.30. The highest BCUT2D eigenvalue weighted by molar-refractivity contribution is 7.17. The Kier molecular flexibility index (Phi) is 3.13. The van der Waals surface area contributed by atoms with Crippen molar-refractivity contribution < 1.29 is 4.79 Å². The average Bonchev–Trinajstić information content (AvgIpc) is 2.48. The lowest BCUT2D eigenvalue weighted by Gasteiger charge is -1.99. The van der Waals surface area contributed by atoms with Crippen LogP contribution in [0.1, 0.15) is 16.6 Å². The SMILES string of the molecule is CC(=O)c1cnc(/N=C\N(C)C)s1. The lowest BCUT2D eigenvalue weighted by molar-refractivity contribution is 0.102. The van der Waals surface area contributed by atoms with Gasteiger partial charge in [0.25, 0.3) is 0 Å². The Morgan fingerprint density at radius 2 is 2.38 bits per heavy atom. The van der Waals surface area contributed by atoms with Crippen LogP contribution in [0.2, 0.25) is 0 Å². The summed E-state index contributed by atoms with van der Waals surface area (Å²) in [6, 6.07) is 0. The minimum absolute atomic E-state index is 0.0313. The van der Waals surface area contributed by atoms with Gasteiger partial charge in [0.1, 0.15) is 0 Å². The van der Waals surface area contributed by atoms with E-state index in [-0.39, 0.29) is 5.78 Å². The number of aliphatic imine (C=N–C) groups is 1. The van der Waals surface area contributed by atoms with Crippen molar-refractivity contribution in [1.82, 2.24) is 9.88 Å². The second kappa shape index (κ2) is 4.13. The molecule has 0 aliphatic rings. The van der Waals surface area contributed by atoms with Gasteiger partial charge in [0.15, 0.2) is 5.78 Å². The van der Waals surface area contributed by atoms with Crippen LogP contribution < -0.4 is 0 Å². The highest BCUT2D eigenvalue weighted by atomic mass is 32.1. The molecular weight excluding hydrogens is 186 g/mol. The largest absolute Gasteiger partial charge is 0.369 e. The number of hydrogen-bond donors (Lipinski definition) is 0. The summed E-state index contributed by atoms with van der Waals surface area (Å²) in [5, 5.41) is 0.610. The Bertz CT molecular complexity index is 330. The molecule has 0 spiro atoms. The minimum Gasteiger partial charge on any atom is -0.369 e. The maximum absolute atomic E-state index is 10.9. The van der Waals surface area contributed by atoms with E-state index in [0.717, 1.165) is 0 Å². The maximum atomic E-state index is 10.9. The molecule has 0 saturated carbocycles. The van der Waals surface area contributed by atoms with Crippen molar-refractivity contribution >= 4 is 28.6 Å². The first kappa shape index (κ1) is 9.85. The van der Waals surface area contributed by atoms with E-state index in [4.69, 9.17) is 0 Å². The zero-order chi connectivity index (χ0) is 9.84. The lowest BCUT2D eigenvalue weighted by atomic mass is 10.4. The molecule has 0 fully saturated rings. The van der Waals surface area contributed by atoms with Crippen molar-refractivity contribution in [1.29, 1.82) is 0 Å². The Morgan fingerprint density at radius 1 is 1.69 bits per heavy atom. The first-order valence-electron chi connectivity index (χ1n) is 3.77. The monoisotopic (exact) mass is 197 g/mol. The van der Waals surface area contributed by atoms with Gasteiger partial charge in [-0.3, -0.25) is 4.79 Å². The van der Waals surface area contributed by atoms with Crippen LogP contribution in [-0.2, 0) is 0 Å². The van der Waals surface area contributed by atoms with Crippen molar-refractivity contribution in [2.75, 3.05) is 14.1 Å². The standard InChI is InChI=1S/C8H11N3OS/c1-6(12)7-4-9-8(13-7)10-5-11(2)3/h4-5H,1-3H3/b10-5-. The summed E-state index contributed by atoms with van der Waals surface area (Å²) in [4.78, 5) is 21.4. The molecule has 0 aliphatic heterocycles. The maximum Gasteiger partial charge on any atom is 0.211 e. The van der Waals surface area contributed by atoms with E-state index < -0.39 is 0 Å². The molecule has 0 saturated heterocycles. The van der Waals surface area contributed by atoms with Gasteiger partial charge in [-0.1, -0.05) is 11.3 Å². The molecule has 0 N–H and O–H groups in total. The van der Waals surface area contributed by atoms with Gasteiger partial charge in [-0.15, -0.1) is 0 Å². The molecular formula is C8H11N3OS. The highest BCUT2D eigenvalue weighted by Gasteiger charge is 2.03. The van der Waals surface area contributed by atoms with E-state index in [1.54, 1.807) is 12.5 Å². The molecule has 5 heteroatoms. The Hall–Kier alpha value is -1.23. The Morgan fingerprint density at radius 3 is 2.85 bits per heavy atom. The zero-order valence-electron chi connectivity index (χ0n) is 7.81. The number of nitrogens with zero attached hydrogens (tertiary/aromatic N) is 3. The van der Waals surface area contributed by atoms with Crippen LogP contribution in [0.25, 0.3) is 0 Å². The molecule has 13 heavy (non-hydrogen) atoms. The number of thiazole rings is 1. The van der Waals surface area contributed by atoms with Gasteiger partial charge in [-0.05, 0) is 0 Å². The van der Waals surface area contributed by atoms with E-state index in [0.29, 0.717) is 10.0 Å². The van der Waals surface area contributed by atoms with Crippen LogP contribution in [0.15, 0.2) is 11.2 Å². The van der Waals surface area contributed by atoms with Gasteiger partial charge in [0.2, 0.25) is 5.13 Å². The highest BCUT2D eigenvalue weighted by Crippen LogP contribution is 2.20. The minimum atomic E-state index is 0.0313. The molecule has 0 aromatic carbocycles. The summed E-state index contributed by atoms with van der Waals surface area (Å²) in [5.74, 6) is 0.0313. The molecule has 1 aromatic heterocycles. The summed E-state index contributed by atoms with van der Waals surface area (Å²) in [6.45, 7) is 1.52. The number of hydrogen-bond acceptors (Lipinski definition) is 4. The van der Waals surface area contributed by atoms with Crippen molar-refractivity contribution in [3.05, 3.63) is 11.1 Å². The molecule has 0 unspecified atom stereocenters. The molecule has 4 nitrogen and oxygen atoms in total. The van der Waals surface area contributed by atoms with E-state index >= 15 is 0 Å². The fourth-order valence-electron chi connectivity index (χ4n) is 0.652. The van der Waals surface area contributed by atoms with Gasteiger partial charge < -0.3 is 4.90 Å². The lowest BCUT2D eigenvalue weighted by Crippen LogP contribution is -2.06. The summed E-state index contributed by atoms with van der Waals surface area (Å²) >= 11 is 1.30. The van der Waals surface area contributed by atoms with Crippen LogP contribution in [0.5, 0.6) is 0 Å². The van der Waals surface area contributed by atoms with Gasteiger partial charge in [0.05, 0.1) is 17.4 Å². The third kappa shape index (κ3) is 2.95. The molecule has 0 radical (unpaired) electrons. The number of carbonyl (C=O) groups is 1. The first-order valence-corrected chi connectivity index (χ1v) is 4.58. The van der Waals surface area contributed by atoms with Gasteiger partial charge in [-0.2, -0.15) is 0 Å². The zero-order valence-corrected chi connectivity index (χ0v) is 8.63. The number of carbonyl (C=O) groups excluding carboxylic acids is 1. The topological polar surface area (TPSA) is 45.6 Å². The Balaban J connectivity index is 2.75. The molecule has 0 aliphatic carbocycles. The van der Waals surface area contributed by atoms with E-state index in [1.165, 1.54) is 18.3 Å². The third-order valence-corrected chi connectivity index (χ3v) is 2.25. The third-order valence-electron chi connectivity index (χ3n) is 1.24. The van der Waals surface area contributed by atoms with E-state index in [2.05, 4.69) is 9.98 Å².